The quantitative estimate of drug-likeness (QED) is 0.816. The molecule has 1 aromatic carbocycles. The van der Waals surface area contributed by atoms with Crippen molar-refractivity contribution in [2.75, 3.05) is 11.9 Å². The molecule has 2 aromatic rings. The normalized spacial score (nSPS) is 22.1. The second-order valence-corrected chi connectivity index (χ2v) is 6.54. The molecule has 2 atom stereocenters. The van der Waals surface area contributed by atoms with Crippen molar-refractivity contribution < 1.29 is 9.90 Å². The Bertz CT molecular complexity index is 595. The summed E-state index contributed by atoms with van der Waals surface area (Å²) in [5.41, 5.74) is 0.896. The number of urea groups is 1. The Hall–Kier alpha value is -1.66. The van der Waals surface area contributed by atoms with Crippen LogP contribution in [0.25, 0.3) is 10.2 Å². The zero-order chi connectivity index (χ0) is 14.7. The molecule has 3 N–H and O–H groups in total. The number of fused-ring (bicyclic) bond motifs is 1. The molecular formula is C15H19N3O2S. The highest BCUT2D eigenvalue weighted by Crippen LogP contribution is 2.25. The lowest BCUT2D eigenvalue weighted by Crippen LogP contribution is -2.35. The fourth-order valence-electron chi connectivity index (χ4n) is 2.75. The molecule has 0 radical (unpaired) electrons. The van der Waals surface area contributed by atoms with Gasteiger partial charge in [0.15, 0.2) is 5.13 Å². The molecule has 3 rings (SSSR count). The number of nitrogens with zero attached hydrogens (tertiary/aromatic N) is 1. The first-order chi connectivity index (χ1) is 10.2. The van der Waals surface area contributed by atoms with Crippen LogP contribution in [0.1, 0.15) is 25.7 Å². The van der Waals surface area contributed by atoms with Crippen LogP contribution in [0.15, 0.2) is 24.3 Å². The summed E-state index contributed by atoms with van der Waals surface area (Å²) in [6.45, 7) is 0.605. The molecule has 21 heavy (non-hydrogen) atoms. The highest BCUT2D eigenvalue weighted by molar-refractivity contribution is 7.22. The van der Waals surface area contributed by atoms with E-state index < -0.39 is 0 Å². The SMILES string of the molecule is O=C(NCC1CCCC(O)C1)Nc1nc2ccccc2s1. The van der Waals surface area contributed by atoms with Crippen molar-refractivity contribution in [2.45, 2.75) is 31.8 Å². The lowest BCUT2D eigenvalue weighted by molar-refractivity contribution is 0.101. The molecular weight excluding hydrogens is 286 g/mol. The van der Waals surface area contributed by atoms with Gasteiger partial charge in [0.2, 0.25) is 0 Å². The summed E-state index contributed by atoms with van der Waals surface area (Å²) in [5, 5.41) is 15.9. The van der Waals surface area contributed by atoms with Crippen molar-refractivity contribution in [3.05, 3.63) is 24.3 Å². The first-order valence-corrected chi connectivity index (χ1v) is 8.11. The number of thiazole rings is 1. The van der Waals surface area contributed by atoms with E-state index in [-0.39, 0.29) is 12.1 Å². The second-order valence-electron chi connectivity index (χ2n) is 5.51. The zero-order valence-electron chi connectivity index (χ0n) is 11.7. The third kappa shape index (κ3) is 3.71. The van der Waals surface area contributed by atoms with Gasteiger partial charge in [-0.2, -0.15) is 0 Å². The number of rotatable bonds is 3. The van der Waals surface area contributed by atoms with Crippen molar-refractivity contribution in [2.24, 2.45) is 5.92 Å². The standard InChI is InChI=1S/C15H19N3O2S/c19-11-5-3-4-10(8-11)9-16-14(20)18-15-17-12-6-1-2-7-13(12)21-15/h1-2,6-7,10-11,19H,3-5,8-9H2,(H2,16,17,18,20). The van der Waals surface area contributed by atoms with Gasteiger partial charge in [0.25, 0.3) is 0 Å². The van der Waals surface area contributed by atoms with Gasteiger partial charge in [-0.05, 0) is 37.3 Å². The Kier molecular flexibility index (Phi) is 4.36. The van der Waals surface area contributed by atoms with Crippen molar-refractivity contribution in [1.29, 1.82) is 0 Å². The molecule has 1 aliphatic rings. The molecule has 1 heterocycles. The van der Waals surface area contributed by atoms with E-state index >= 15 is 0 Å². The maximum atomic E-state index is 11.9. The van der Waals surface area contributed by atoms with Crippen LogP contribution < -0.4 is 10.6 Å². The molecule has 1 fully saturated rings. The third-order valence-electron chi connectivity index (χ3n) is 3.82. The number of para-hydroxylation sites is 1. The van der Waals surface area contributed by atoms with Crippen LogP contribution in [0.2, 0.25) is 0 Å². The number of aliphatic hydroxyl groups excluding tert-OH is 1. The third-order valence-corrected chi connectivity index (χ3v) is 4.77. The van der Waals surface area contributed by atoms with E-state index in [1.54, 1.807) is 0 Å². The van der Waals surface area contributed by atoms with Crippen molar-refractivity contribution in [1.82, 2.24) is 10.3 Å². The molecule has 0 saturated heterocycles. The Morgan fingerprint density at radius 1 is 1.38 bits per heavy atom. The number of nitrogens with one attached hydrogen (secondary N) is 2. The van der Waals surface area contributed by atoms with E-state index in [1.807, 2.05) is 24.3 Å². The van der Waals surface area contributed by atoms with Gasteiger partial charge in [-0.3, -0.25) is 5.32 Å². The summed E-state index contributed by atoms with van der Waals surface area (Å²) < 4.78 is 1.06. The molecule has 2 amide bonds. The fraction of sp³-hybridized carbons (Fsp3) is 0.467. The van der Waals surface area contributed by atoms with Gasteiger partial charge in [-0.1, -0.05) is 29.9 Å². The molecule has 0 spiro atoms. The van der Waals surface area contributed by atoms with Gasteiger partial charge in [0.05, 0.1) is 16.3 Å². The first kappa shape index (κ1) is 14.3. The van der Waals surface area contributed by atoms with E-state index in [2.05, 4.69) is 15.6 Å². The van der Waals surface area contributed by atoms with Gasteiger partial charge < -0.3 is 10.4 Å². The van der Waals surface area contributed by atoms with Crippen LogP contribution in [-0.2, 0) is 0 Å². The number of carbonyl (C=O) groups excluding carboxylic acids is 1. The zero-order valence-corrected chi connectivity index (χ0v) is 12.5. The lowest BCUT2D eigenvalue weighted by Gasteiger charge is -2.25. The lowest BCUT2D eigenvalue weighted by atomic mass is 9.87. The smallest absolute Gasteiger partial charge is 0.321 e. The van der Waals surface area contributed by atoms with Crippen molar-refractivity contribution in [3.8, 4) is 0 Å². The summed E-state index contributed by atoms with van der Waals surface area (Å²) in [6, 6.07) is 7.57. The maximum Gasteiger partial charge on any atom is 0.321 e. The summed E-state index contributed by atoms with van der Waals surface area (Å²) in [4.78, 5) is 16.3. The largest absolute Gasteiger partial charge is 0.393 e. The topological polar surface area (TPSA) is 74.2 Å². The Morgan fingerprint density at radius 2 is 2.24 bits per heavy atom. The van der Waals surface area contributed by atoms with Gasteiger partial charge in [-0.25, -0.2) is 9.78 Å². The van der Waals surface area contributed by atoms with Crippen LogP contribution in [0.5, 0.6) is 0 Å². The molecule has 1 aromatic heterocycles. The monoisotopic (exact) mass is 305 g/mol. The van der Waals surface area contributed by atoms with Crippen molar-refractivity contribution in [3.63, 3.8) is 0 Å². The van der Waals surface area contributed by atoms with Gasteiger partial charge in [0.1, 0.15) is 0 Å². The van der Waals surface area contributed by atoms with E-state index in [1.165, 1.54) is 11.3 Å². The van der Waals surface area contributed by atoms with Crippen molar-refractivity contribution >= 4 is 32.7 Å². The summed E-state index contributed by atoms with van der Waals surface area (Å²) >= 11 is 1.46. The van der Waals surface area contributed by atoms with E-state index in [0.717, 1.165) is 35.9 Å². The van der Waals surface area contributed by atoms with Crippen LogP contribution in [0.3, 0.4) is 0 Å². The highest BCUT2D eigenvalue weighted by atomic mass is 32.1. The predicted octanol–water partition coefficient (Wildman–Crippen LogP) is 2.97. The number of aromatic nitrogens is 1. The first-order valence-electron chi connectivity index (χ1n) is 7.29. The van der Waals surface area contributed by atoms with Crippen LogP contribution in [-0.4, -0.2) is 28.8 Å². The van der Waals surface area contributed by atoms with Gasteiger partial charge in [0, 0.05) is 6.54 Å². The minimum Gasteiger partial charge on any atom is -0.393 e. The van der Waals surface area contributed by atoms with E-state index in [9.17, 15) is 9.90 Å². The molecule has 5 nitrogen and oxygen atoms in total. The maximum absolute atomic E-state index is 11.9. The fourth-order valence-corrected chi connectivity index (χ4v) is 3.61. The minimum absolute atomic E-state index is 0.210. The minimum atomic E-state index is -0.228. The number of carbonyl (C=O) groups is 1. The summed E-state index contributed by atoms with van der Waals surface area (Å²) in [5.74, 6) is 0.370. The predicted molar refractivity (Wildman–Crippen MR) is 84.6 cm³/mol. The number of anilines is 1. The van der Waals surface area contributed by atoms with Gasteiger partial charge >= 0.3 is 6.03 Å². The van der Waals surface area contributed by atoms with E-state index in [0.29, 0.717) is 17.6 Å². The summed E-state index contributed by atoms with van der Waals surface area (Å²) in [6.07, 6.45) is 3.55. The number of hydrogen-bond donors (Lipinski definition) is 3. The molecule has 2 unspecified atom stereocenters. The number of benzene rings is 1. The Balaban J connectivity index is 1.51. The van der Waals surface area contributed by atoms with Gasteiger partial charge in [-0.15, -0.1) is 0 Å². The number of hydrogen-bond acceptors (Lipinski definition) is 4. The van der Waals surface area contributed by atoms with Crippen LogP contribution in [0, 0.1) is 5.92 Å². The molecule has 1 saturated carbocycles. The Labute approximate surface area is 127 Å². The van der Waals surface area contributed by atoms with Crippen LogP contribution >= 0.6 is 11.3 Å². The average molecular weight is 305 g/mol. The number of aliphatic hydroxyl groups is 1. The molecule has 112 valence electrons. The molecule has 1 aliphatic carbocycles. The second kappa shape index (κ2) is 6.41. The summed E-state index contributed by atoms with van der Waals surface area (Å²) in [7, 11) is 0. The van der Waals surface area contributed by atoms with E-state index in [4.69, 9.17) is 0 Å². The van der Waals surface area contributed by atoms with Crippen LogP contribution in [0.4, 0.5) is 9.93 Å². The molecule has 6 heteroatoms. The molecule has 0 aliphatic heterocycles. The Morgan fingerprint density at radius 3 is 3.05 bits per heavy atom. The average Bonchev–Trinajstić information content (AvgIpc) is 2.87. The highest BCUT2D eigenvalue weighted by Gasteiger charge is 2.20. The molecule has 0 bridgehead atoms. The number of amides is 2.